The number of benzene rings is 3. The highest BCUT2D eigenvalue weighted by molar-refractivity contribution is 6.31. The standard InChI is InChI=1S/C39H52FN3O6.C37H49ClFN3O6.C37H50FN3O6/c1-10-12-13-14-25-26-17-23(26)18-31(25)47-33(44)20-27(38(4,5)6)36(45)43-21-32(22(3)34(43)37(46)49-39(7,8)9)48-35-28(11-2)41-29-16-15-24(40)19-30(29)42-35;1-9-10-11-12-23-24-15-21(24)16-28(23)46-30(43)18-25(36(3,4)5)34(44)42-19-29(20(2)31(42)35(45)48-37(6,7)8)47-33-32(38)40-26-14-13-22(39)17-27(26)41-33;1-20-30-19-41(32(20)35(44)47-37(5,6)7)34(43)25(36(2,3)4)18-31(42)45-29-16-21-15-24(21)23(29)11-9-8-10-12-27-33(46-30)40-28-17-22(38)13-14-26(28)39-27/h10-11,15-16,19,22-23,25-27,31-32,34H,1-2,12-14,17-18,20-21H2,3-9H3;9,13-14,17,20-21,23-25,28-29,31H,1,10-12,15-16,18-19H2,2-8H3;13-14,17,20-21,23-25,29-30,32H,8-12,15-16,18-19H2,1-7H3/t22-,23+,25-,26+,27-,31-,32+,34+;20-,21+,23-,24+,25-,28-,29+,31+;20-,21+,23-,24+,25-,29-,30+,32+/m111/s1. The van der Waals surface area contributed by atoms with E-state index in [1.807, 2.05) is 88.3 Å². The molecule has 3 saturated heterocycles. The summed E-state index contributed by atoms with van der Waals surface area (Å²) in [5.74, 6) is -3.82. The first-order chi connectivity index (χ1) is 67.5. The van der Waals surface area contributed by atoms with E-state index in [9.17, 15) is 56.3 Å². The van der Waals surface area contributed by atoms with Crippen LogP contribution in [0.2, 0.25) is 5.15 Å². The zero-order chi connectivity index (χ0) is 105. The third kappa shape index (κ3) is 26.4. The lowest BCUT2D eigenvalue weighted by atomic mass is 9.77. The fourth-order valence-corrected chi connectivity index (χ4v) is 23.3. The van der Waals surface area contributed by atoms with Crippen molar-refractivity contribution < 1.29 is 99.0 Å². The number of halogens is 4. The molecule has 27 nitrogen and oxygen atoms in total. The second kappa shape index (κ2) is 44.0. The van der Waals surface area contributed by atoms with Gasteiger partial charge in [0.15, 0.2) is 5.15 Å². The molecule has 9 fully saturated rings. The van der Waals surface area contributed by atoms with Gasteiger partial charge in [0.2, 0.25) is 29.5 Å². The number of carbonyl (C=O) groups is 9. The zero-order valence-electron chi connectivity index (χ0n) is 88.1. The molecule has 10 aliphatic rings. The molecule has 0 spiro atoms. The number of nitrogens with zero attached hydrogens (tertiary/aromatic N) is 9. The maximum Gasteiger partial charge on any atom is 0.329 e. The van der Waals surface area contributed by atoms with Gasteiger partial charge in [-0.15, -0.1) is 13.2 Å². The normalized spacial score (nSPS) is 28.7. The minimum atomic E-state index is -0.997. The minimum absolute atomic E-state index is 0.0160. The van der Waals surface area contributed by atoms with Gasteiger partial charge >= 0.3 is 35.8 Å². The Bertz CT molecular complexity index is 5780. The average molecular weight is 2020 g/mol. The first-order valence-corrected chi connectivity index (χ1v) is 52.5. The molecule has 3 amide bonds. The Hall–Kier alpha value is -10.4. The molecule has 0 unspecified atom stereocenters. The molecule has 3 aromatic carbocycles. The molecule has 6 aliphatic carbocycles. The molecule has 0 N–H and O–H groups in total. The monoisotopic (exact) mass is 2010 g/mol. The zero-order valence-corrected chi connectivity index (χ0v) is 88.8. The van der Waals surface area contributed by atoms with Gasteiger partial charge in [0.25, 0.3) is 5.88 Å². The summed E-state index contributed by atoms with van der Waals surface area (Å²) in [4.78, 5) is 157. The highest BCUT2D eigenvalue weighted by atomic mass is 35.5. The molecule has 24 atom stereocenters. The third-order valence-corrected chi connectivity index (χ3v) is 31.2. The third-order valence-electron chi connectivity index (χ3n) is 31.0. The fraction of sp³-hybridized carbons (Fsp3) is 0.655. The molecule has 144 heavy (non-hydrogen) atoms. The highest BCUT2D eigenvalue weighted by Crippen LogP contribution is 2.61. The molecule has 4 aliphatic heterocycles. The summed E-state index contributed by atoms with van der Waals surface area (Å²) in [6.45, 7) is 50.4. The van der Waals surface area contributed by atoms with Crippen molar-refractivity contribution in [2.75, 3.05) is 19.6 Å². The molecule has 6 aromatic rings. The number of unbranched alkanes of at least 4 members (excludes halogenated alkanes) is 2. The van der Waals surface area contributed by atoms with Crippen LogP contribution in [-0.2, 0) is 78.0 Å². The Morgan fingerprint density at radius 1 is 0.486 bits per heavy atom. The van der Waals surface area contributed by atoms with E-state index in [-0.39, 0.29) is 103 Å². The lowest BCUT2D eigenvalue weighted by Gasteiger charge is -2.35. The Labute approximate surface area is 851 Å². The van der Waals surface area contributed by atoms with Crippen LogP contribution in [0.1, 0.15) is 279 Å². The number of hydrogen-bond acceptors (Lipinski definition) is 24. The quantitative estimate of drug-likeness (QED) is 0.0235. The number of carbonyl (C=O) groups excluding carboxylic acids is 9. The Morgan fingerprint density at radius 3 is 1.40 bits per heavy atom. The molecule has 784 valence electrons. The van der Waals surface area contributed by atoms with Gasteiger partial charge in [-0.05, 0) is 271 Å². The van der Waals surface area contributed by atoms with Crippen molar-refractivity contribution in [1.82, 2.24) is 44.6 Å². The van der Waals surface area contributed by atoms with Crippen LogP contribution in [-0.4, -0.2) is 189 Å². The van der Waals surface area contributed by atoms with Crippen molar-refractivity contribution in [2.45, 2.75) is 345 Å². The van der Waals surface area contributed by atoms with Crippen LogP contribution in [0, 0.1) is 122 Å². The van der Waals surface area contributed by atoms with Crippen LogP contribution in [0.3, 0.4) is 0 Å². The van der Waals surface area contributed by atoms with Gasteiger partial charge in [-0.25, -0.2) is 57.5 Å². The summed E-state index contributed by atoms with van der Waals surface area (Å²) in [6, 6.07) is 9.50. The maximum atomic E-state index is 14.6. The van der Waals surface area contributed by atoms with Gasteiger partial charge in [-0.3, -0.25) is 28.8 Å². The lowest BCUT2D eigenvalue weighted by molar-refractivity contribution is -0.167. The number of aromatic nitrogens is 6. The fourth-order valence-electron chi connectivity index (χ4n) is 23.1. The second-order valence-corrected chi connectivity index (χ2v) is 48.8. The van der Waals surface area contributed by atoms with Crippen molar-refractivity contribution in [2.24, 2.45) is 105 Å². The van der Waals surface area contributed by atoms with Crippen molar-refractivity contribution in [3.8, 4) is 17.6 Å². The number of allylic oxidation sites excluding steroid dienone is 2. The van der Waals surface area contributed by atoms with Crippen LogP contribution < -0.4 is 14.2 Å². The van der Waals surface area contributed by atoms with Gasteiger partial charge in [0, 0.05) is 36.0 Å². The molecular weight excluding hydrogens is 1860 g/mol. The van der Waals surface area contributed by atoms with Gasteiger partial charge < -0.3 is 57.3 Å². The van der Waals surface area contributed by atoms with Crippen LogP contribution >= 0.6 is 11.6 Å². The van der Waals surface area contributed by atoms with Crippen LogP contribution in [0.4, 0.5) is 13.2 Å². The van der Waals surface area contributed by atoms with E-state index in [1.165, 1.54) is 88.6 Å². The smallest absolute Gasteiger partial charge is 0.329 e. The van der Waals surface area contributed by atoms with Gasteiger partial charge in [0.1, 0.15) is 100 Å². The first-order valence-electron chi connectivity index (χ1n) is 52.1. The van der Waals surface area contributed by atoms with E-state index in [1.54, 1.807) is 75.3 Å². The SMILES string of the molecule is C=CCCC[C@@H]1[C@H]2C[C@H]2C[C@H]1OC(=O)C[C@H](C(=O)N1C[C@H](Oc2nc3cc(F)ccc3nc2C=C)[C@@H](C)[C@H]1C(=O)OC(C)(C)C)C(C)(C)C.C=CCCC[C@@H]1[C@H]2C[C@H]2C[C@H]1OC(=O)C[C@H](C(=O)N1C[C@H](Oc2nc3cc(F)ccc3nc2Cl)[C@@H](C)[C@H]1C(=O)OC(C)(C)C)C(C)(C)C.C[C@@H]1[C@@H]2CN(C(=O)[C@H](C(C)(C)C)CC(=O)O[C@@H]3C[C@@H]4C[C@@H]4[C@H]3CCCCCc3nc4ccc(F)cc4nc3O2)[C@@H]1C(=O)OC(C)(C)C. The Balaban J connectivity index is 0.000000171. The highest BCUT2D eigenvalue weighted by Gasteiger charge is 2.60. The van der Waals surface area contributed by atoms with Crippen molar-refractivity contribution in [1.29, 1.82) is 0 Å². The predicted octanol–water partition coefficient (Wildman–Crippen LogP) is 21.1. The van der Waals surface area contributed by atoms with E-state index < -0.39 is 152 Å². The van der Waals surface area contributed by atoms with E-state index in [2.05, 4.69) is 39.7 Å². The predicted molar refractivity (Wildman–Crippen MR) is 540 cm³/mol. The van der Waals surface area contributed by atoms with Gasteiger partial charge in [0.05, 0.1) is 89.8 Å². The number of ether oxygens (including phenoxy) is 9. The average Bonchev–Trinajstić information content (AvgIpc) is 1.60. The molecule has 31 heteroatoms. The number of aryl methyl sites for hydroxylation is 1. The van der Waals surface area contributed by atoms with Crippen LogP contribution in [0.15, 0.2) is 86.5 Å². The van der Waals surface area contributed by atoms with Gasteiger partial charge in [-0.1, -0.05) is 126 Å². The number of likely N-dealkylation sites (tertiary alicyclic amines) is 2. The molecule has 7 heterocycles. The molecular formula is C113H151ClF3N9O18. The summed E-state index contributed by atoms with van der Waals surface area (Å²) in [5, 5.41) is -0.0254. The summed E-state index contributed by atoms with van der Waals surface area (Å²) in [5.41, 5.74) is -0.791. The molecule has 0 radical (unpaired) electrons. The van der Waals surface area contributed by atoms with E-state index in [0.717, 1.165) is 83.5 Å². The topological polar surface area (TPSA) is 324 Å². The van der Waals surface area contributed by atoms with Crippen LogP contribution in [0.25, 0.3) is 39.2 Å². The van der Waals surface area contributed by atoms with E-state index in [4.69, 9.17) is 64.2 Å². The Morgan fingerprint density at radius 2 is 0.931 bits per heavy atom. The van der Waals surface area contributed by atoms with Crippen molar-refractivity contribution in [3.63, 3.8) is 0 Å². The second-order valence-electron chi connectivity index (χ2n) is 48.4. The first kappa shape index (κ1) is 109. The molecule has 6 saturated carbocycles. The molecule has 16 rings (SSSR count). The summed E-state index contributed by atoms with van der Waals surface area (Å²) in [7, 11) is 0. The number of fused-ring (bicyclic) bond motifs is 11. The van der Waals surface area contributed by atoms with Crippen molar-refractivity contribution >= 4 is 104 Å². The molecule has 2 bridgehead atoms. The summed E-state index contributed by atoms with van der Waals surface area (Å²) in [6.07, 6.45) is 19.3. The summed E-state index contributed by atoms with van der Waals surface area (Å²) >= 11 is 6.43. The Kier molecular flexibility index (Phi) is 33.4. The number of hydrogen-bond donors (Lipinski definition) is 0. The van der Waals surface area contributed by atoms with E-state index >= 15 is 0 Å². The number of esters is 6. The van der Waals surface area contributed by atoms with Crippen LogP contribution in [0.5, 0.6) is 17.6 Å². The summed E-state index contributed by atoms with van der Waals surface area (Å²) < 4.78 is 97.2. The number of rotatable bonds is 24. The van der Waals surface area contributed by atoms with E-state index in [0.29, 0.717) is 105 Å². The number of amides is 3. The van der Waals surface area contributed by atoms with Gasteiger partial charge in [-0.2, -0.15) is 0 Å². The lowest BCUT2D eigenvalue weighted by Crippen LogP contribution is -2.50. The maximum absolute atomic E-state index is 14.6. The minimum Gasteiger partial charge on any atom is -0.471 e. The largest absolute Gasteiger partial charge is 0.471 e. The van der Waals surface area contributed by atoms with Crippen molar-refractivity contribution in [3.05, 3.63) is 120 Å². The molecule has 3 aromatic heterocycles.